The standard InChI is InChI=1S/C15H25N5O/c1-19(11-13-18-17-12-6-5-9-20(12)13)14(21)10-15(16)7-3-2-4-8-15/h2-11,16H2,1H3. The van der Waals surface area contributed by atoms with Gasteiger partial charge in [-0.2, -0.15) is 0 Å². The number of rotatable bonds is 4. The lowest BCUT2D eigenvalue weighted by atomic mass is 9.80. The van der Waals surface area contributed by atoms with Crippen LogP contribution in [0.5, 0.6) is 0 Å². The summed E-state index contributed by atoms with van der Waals surface area (Å²) in [5.41, 5.74) is 6.09. The van der Waals surface area contributed by atoms with Crippen molar-refractivity contribution in [2.24, 2.45) is 5.73 Å². The molecule has 3 rings (SSSR count). The van der Waals surface area contributed by atoms with Gasteiger partial charge in [0, 0.05) is 32.0 Å². The van der Waals surface area contributed by atoms with Crippen LogP contribution in [0.1, 0.15) is 56.6 Å². The molecule has 1 fully saturated rings. The van der Waals surface area contributed by atoms with Crippen LogP contribution in [-0.2, 0) is 24.3 Å². The molecule has 1 amide bonds. The summed E-state index contributed by atoms with van der Waals surface area (Å²) in [6.45, 7) is 1.50. The van der Waals surface area contributed by atoms with Gasteiger partial charge in [0.05, 0.1) is 6.54 Å². The third kappa shape index (κ3) is 3.10. The van der Waals surface area contributed by atoms with Gasteiger partial charge in [-0.25, -0.2) is 0 Å². The van der Waals surface area contributed by atoms with Crippen molar-refractivity contribution in [2.45, 2.75) is 70.0 Å². The fraction of sp³-hybridized carbons (Fsp3) is 0.800. The summed E-state index contributed by atoms with van der Waals surface area (Å²) in [6.07, 6.45) is 8.04. The number of aromatic nitrogens is 3. The normalized spacial score (nSPS) is 20.3. The van der Waals surface area contributed by atoms with Crippen molar-refractivity contribution in [2.75, 3.05) is 7.05 Å². The molecule has 0 radical (unpaired) electrons. The summed E-state index contributed by atoms with van der Waals surface area (Å²) in [7, 11) is 1.84. The molecule has 6 heteroatoms. The first-order valence-corrected chi connectivity index (χ1v) is 8.01. The van der Waals surface area contributed by atoms with Crippen LogP contribution in [0.3, 0.4) is 0 Å². The van der Waals surface area contributed by atoms with Gasteiger partial charge in [0.15, 0.2) is 5.82 Å². The Bertz CT molecular complexity index is 518. The van der Waals surface area contributed by atoms with E-state index in [2.05, 4.69) is 14.8 Å². The van der Waals surface area contributed by atoms with Crippen molar-refractivity contribution in [1.82, 2.24) is 19.7 Å². The molecule has 0 atom stereocenters. The molecule has 0 spiro atoms. The average Bonchev–Trinajstić information content (AvgIpc) is 3.04. The molecule has 2 heterocycles. The van der Waals surface area contributed by atoms with E-state index in [1.54, 1.807) is 4.90 Å². The third-order valence-electron chi connectivity index (χ3n) is 4.84. The zero-order valence-corrected chi connectivity index (χ0v) is 12.8. The van der Waals surface area contributed by atoms with E-state index in [1.165, 1.54) is 6.42 Å². The Kier molecular flexibility index (Phi) is 3.97. The van der Waals surface area contributed by atoms with Crippen LogP contribution in [0.15, 0.2) is 0 Å². The maximum Gasteiger partial charge on any atom is 0.224 e. The Morgan fingerprint density at radius 3 is 2.81 bits per heavy atom. The van der Waals surface area contributed by atoms with Gasteiger partial charge >= 0.3 is 0 Å². The molecule has 1 aliphatic carbocycles. The van der Waals surface area contributed by atoms with Crippen LogP contribution < -0.4 is 5.73 Å². The van der Waals surface area contributed by atoms with Crippen molar-refractivity contribution in [1.29, 1.82) is 0 Å². The summed E-state index contributed by atoms with van der Waals surface area (Å²) < 4.78 is 2.14. The summed E-state index contributed by atoms with van der Waals surface area (Å²) in [5, 5.41) is 8.40. The Morgan fingerprint density at radius 1 is 1.29 bits per heavy atom. The summed E-state index contributed by atoms with van der Waals surface area (Å²) in [4.78, 5) is 14.2. The van der Waals surface area contributed by atoms with Crippen molar-refractivity contribution in [3.8, 4) is 0 Å². The van der Waals surface area contributed by atoms with Gasteiger partial charge in [0.1, 0.15) is 5.82 Å². The van der Waals surface area contributed by atoms with Crippen LogP contribution in [-0.4, -0.2) is 38.2 Å². The molecule has 116 valence electrons. The highest BCUT2D eigenvalue weighted by Gasteiger charge is 2.31. The summed E-state index contributed by atoms with van der Waals surface area (Å²) in [6, 6.07) is 0. The van der Waals surface area contributed by atoms with E-state index in [0.29, 0.717) is 13.0 Å². The minimum absolute atomic E-state index is 0.120. The van der Waals surface area contributed by atoms with Crippen LogP contribution in [0.2, 0.25) is 0 Å². The molecule has 1 saturated carbocycles. The van der Waals surface area contributed by atoms with E-state index in [1.807, 2.05) is 7.05 Å². The lowest BCUT2D eigenvalue weighted by Crippen LogP contribution is -2.46. The Morgan fingerprint density at radius 2 is 2.05 bits per heavy atom. The molecule has 2 N–H and O–H groups in total. The first-order chi connectivity index (χ1) is 10.1. The number of hydrogen-bond acceptors (Lipinski definition) is 4. The van der Waals surface area contributed by atoms with Crippen molar-refractivity contribution in [3.05, 3.63) is 11.6 Å². The first-order valence-electron chi connectivity index (χ1n) is 8.01. The smallest absolute Gasteiger partial charge is 0.224 e. The van der Waals surface area contributed by atoms with Gasteiger partial charge in [0.2, 0.25) is 5.91 Å². The van der Waals surface area contributed by atoms with Crippen molar-refractivity contribution >= 4 is 5.91 Å². The second-order valence-corrected chi connectivity index (χ2v) is 6.64. The molecule has 0 saturated heterocycles. The quantitative estimate of drug-likeness (QED) is 0.905. The van der Waals surface area contributed by atoms with E-state index >= 15 is 0 Å². The first kappa shape index (κ1) is 14.5. The lowest BCUT2D eigenvalue weighted by Gasteiger charge is -2.34. The highest BCUT2D eigenvalue weighted by atomic mass is 16.2. The largest absolute Gasteiger partial charge is 0.338 e. The van der Waals surface area contributed by atoms with Gasteiger partial charge in [-0.15, -0.1) is 10.2 Å². The lowest BCUT2D eigenvalue weighted by molar-refractivity contribution is -0.132. The van der Waals surface area contributed by atoms with E-state index in [-0.39, 0.29) is 11.4 Å². The van der Waals surface area contributed by atoms with Gasteiger partial charge < -0.3 is 15.2 Å². The third-order valence-corrected chi connectivity index (χ3v) is 4.84. The maximum absolute atomic E-state index is 12.4. The Hall–Kier alpha value is -1.43. The van der Waals surface area contributed by atoms with Gasteiger partial charge in [-0.1, -0.05) is 19.3 Å². The molecular weight excluding hydrogens is 266 g/mol. The molecule has 1 aromatic heterocycles. The number of carbonyl (C=O) groups excluding carboxylic acids is 1. The van der Waals surface area contributed by atoms with E-state index < -0.39 is 0 Å². The molecule has 0 aromatic carbocycles. The average molecular weight is 291 g/mol. The van der Waals surface area contributed by atoms with Crippen molar-refractivity contribution < 1.29 is 4.79 Å². The second-order valence-electron chi connectivity index (χ2n) is 6.64. The molecule has 1 aromatic rings. The van der Waals surface area contributed by atoms with Crippen LogP contribution in [0, 0.1) is 0 Å². The molecular formula is C15H25N5O. The molecule has 21 heavy (non-hydrogen) atoms. The number of aryl methyl sites for hydroxylation is 1. The minimum atomic E-state index is -0.295. The number of carbonyl (C=O) groups is 1. The zero-order chi connectivity index (χ0) is 14.9. The van der Waals surface area contributed by atoms with Crippen LogP contribution in [0.25, 0.3) is 0 Å². The van der Waals surface area contributed by atoms with Gasteiger partial charge in [-0.05, 0) is 19.3 Å². The zero-order valence-electron chi connectivity index (χ0n) is 12.8. The molecule has 0 bridgehead atoms. The van der Waals surface area contributed by atoms with E-state index in [4.69, 9.17) is 5.73 Å². The van der Waals surface area contributed by atoms with Gasteiger partial charge in [0.25, 0.3) is 0 Å². The molecule has 0 unspecified atom stereocenters. The fourth-order valence-corrected chi connectivity index (χ4v) is 3.50. The fourth-order valence-electron chi connectivity index (χ4n) is 3.50. The summed E-state index contributed by atoms with van der Waals surface area (Å²) >= 11 is 0. The number of fused-ring (bicyclic) bond motifs is 1. The highest BCUT2D eigenvalue weighted by molar-refractivity contribution is 5.77. The van der Waals surface area contributed by atoms with Crippen LogP contribution >= 0.6 is 0 Å². The SMILES string of the molecule is CN(Cc1nnc2n1CCC2)C(=O)CC1(N)CCCCC1. The molecule has 6 nitrogen and oxygen atoms in total. The predicted octanol–water partition coefficient (Wildman–Crippen LogP) is 1.23. The summed E-state index contributed by atoms with van der Waals surface area (Å²) in [5.74, 6) is 2.07. The molecule has 2 aliphatic rings. The minimum Gasteiger partial charge on any atom is -0.338 e. The van der Waals surface area contributed by atoms with Crippen molar-refractivity contribution in [3.63, 3.8) is 0 Å². The van der Waals surface area contributed by atoms with E-state index in [9.17, 15) is 4.79 Å². The van der Waals surface area contributed by atoms with Crippen LogP contribution in [0.4, 0.5) is 0 Å². The topological polar surface area (TPSA) is 77.0 Å². The monoisotopic (exact) mass is 291 g/mol. The highest BCUT2D eigenvalue weighted by Crippen LogP contribution is 2.29. The Balaban J connectivity index is 1.59. The number of amides is 1. The Labute approximate surface area is 125 Å². The molecule has 1 aliphatic heterocycles. The maximum atomic E-state index is 12.4. The van der Waals surface area contributed by atoms with Gasteiger partial charge in [-0.3, -0.25) is 4.79 Å². The number of hydrogen-bond donors (Lipinski definition) is 1. The number of nitrogens with zero attached hydrogens (tertiary/aromatic N) is 4. The second kappa shape index (κ2) is 5.75. The predicted molar refractivity (Wildman–Crippen MR) is 79.4 cm³/mol. The number of nitrogens with two attached hydrogens (primary N) is 1. The van der Waals surface area contributed by atoms with E-state index in [0.717, 1.165) is 56.7 Å².